The number of rotatable bonds is 5. The minimum Gasteiger partial charge on any atom is -0.383 e. The number of carbonyl (C=O) groups excluding carboxylic acids is 1. The van der Waals surface area contributed by atoms with Crippen LogP contribution in [-0.2, 0) is 9.53 Å². The van der Waals surface area contributed by atoms with Crippen molar-refractivity contribution in [2.24, 2.45) is 0 Å². The van der Waals surface area contributed by atoms with Gasteiger partial charge in [-0.2, -0.15) is 0 Å². The van der Waals surface area contributed by atoms with Crippen LogP contribution in [0, 0.1) is 5.82 Å². The Morgan fingerprint density at radius 3 is 2.88 bits per heavy atom. The zero-order chi connectivity index (χ0) is 12.7. The van der Waals surface area contributed by atoms with E-state index in [9.17, 15) is 9.18 Å². The van der Waals surface area contributed by atoms with Gasteiger partial charge in [0.25, 0.3) is 0 Å². The third kappa shape index (κ3) is 4.78. The number of nitrogens with one attached hydrogen (secondary N) is 1. The molecule has 3 nitrogen and oxygen atoms in total. The van der Waals surface area contributed by atoms with Crippen molar-refractivity contribution in [2.45, 2.75) is 13.0 Å². The second-order valence-corrected chi connectivity index (χ2v) is 3.72. The van der Waals surface area contributed by atoms with E-state index in [0.717, 1.165) is 0 Å². The summed E-state index contributed by atoms with van der Waals surface area (Å²) in [5, 5.41) is 2.70. The van der Waals surface area contributed by atoms with Crippen LogP contribution in [-0.4, -0.2) is 25.7 Å². The lowest BCUT2D eigenvalue weighted by Gasteiger charge is -2.10. The third-order valence-electron chi connectivity index (χ3n) is 2.12. The maximum absolute atomic E-state index is 13.2. The summed E-state index contributed by atoms with van der Waals surface area (Å²) < 4.78 is 18.1. The molecule has 92 valence electrons. The van der Waals surface area contributed by atoms with Crippen LogP contribution in [0.1, 0.15) is 12.5 Å². The molecule has 0 radical (unpaired) electrons. The molecular formula is C13H16FNO2. The van der Waals surface area contributed by atoms with Gasteiger partial charge in [-0.15, -0.1) is 0 Å². The molecule has 1 aromatic carbocycles. The maximum atomic E-state index is 13.2. The molecule has 1 rings (SSSR count). The second kappa shape index (κ2) is 6.81. The third-order valence-corrected chi connectivity index (χ3v) is 2.12. The molecule has 1 amide bonds. The Kier molecular flexibility index (Phi) is 5.36. The Balaban J connectivity index is 2.54. The van der Waals surface area contributed by atoms with Crippen LogP contribution >= 0.6 is 0 Å². The Morgan fingerprint density at radius 1 is 1.53 bits per heavy atom. The average molecular weight is 237 g/mol. The first kappa shape index (κ1) is 13.4. The van der Waals surface area contributed by atoms with E-state index < -0.39 is 0 Å². The Morgan fingerprint density at radius 2 is 2.24 bits per heavy atom. The fourth-order valence-corrected chi connectivity index (χ4v) is 1.36. The summed E-state index contributed by atoms with van der Waals surface area (Å²) in [6.07, 6.45) is 2.76. The standard InChI is InChI=1S/C13H16FNO2/c1-10(9-17-2)15-13(16)8-7-11-5-3-4-6-12(11)14/h3-8,10H,9H2,1-2H3,(H,15,16)/b8-7+. The molecule has 1 aromatic rings. The molecule has 0 saturated carbocycles. The molecular weight excluding hydrogens is 221 g/mol. The van der Waals surface area contributed by atoms with E-state index in [1.807, 2.05) is 6.92 Å². The van der Waals surface area contributed by atoms with Crippen molar-refractivity contribution in [3.8, 4) is 0 Å². The van der Waals surface area contributed by atoms with Gasteiger partial charge in [0.15, 0.2) is 0 Å². The van der Waals surface area contributed by atoms with Crippen molar-refractivity contribution in [3.05, 3.63) is 41.7 Å². The molecule has 1 unspecified atom stereocenters. The van der Waals surface area contributed by atoms with E-state index in [4.69, 9.17) is 4.74 Å². The summed E-state index contributed by atoms with van der Waals surface area (Å²) >= 11 is 0. The highest BCUT2D eigenvalue weighted by Crippen LogP contribution is 2.07. The van der Waals surface area contributed by atoms with Gasteiger partial charge in [0.05, 0.1) is 6.61 Å². The van der Waals surface area contributed by atoms with Gasteiger partial charge in [0.2, 0.25) is 5.91 Å². The van der Waals surface area contributed by atoms with Crippen molar-refractivity contribution in [1.29, 1.82) is 0 Å². The molecule has 17 heavy (non-hydrogen) atoms. The molecule has 0 aliphatic carbocycles. The van der Waals surface area contributed by atoms with Gasteiger partial charge in [-0.25, -0.2) is 4.39 Å². The number of halogens is 1. The van der Waals surface area contributed by atoms with E-state index in [1.165, 1.54) is 18.2 Å². The summed E-state index contributed by atoms with van der Waals surface area (Å²) in [4.78, 5) is 11.4. The lowest BCUT2D eigenvalue weighted by Crippen LogP contribution is -2.34. The first-order valence-corrected chi connectivity index (χ1v) is 5.35. The van der Waals surface area contributed by atoms with Crippen LogP contribution in [0.15, 0.2) is 30.3 Å². The summed E-state index contributed by atoms with van der Waals surface area (Å²) in [6.45, 7) is 2.28. The largest absolute Gasteiger partial charge is 0.383 e. The van der Waals surface area contributed by atoms with E-state index in [2.05, 4.69) is 5.32 Å². The van der Waals surface area contributed by atoms with Gasteiger partial charge >= 0.3 is 0 Å². The number of benzene rings is 1. The van der Waals surface area contributed by atoms with Gasteiger partial charge < -0.3 is 10.1 Å². The maximum Gasteiger partial charge on any atom is 0.244 e. The number of methoxy groups -OCH3 is 1. The second-order valence-electron chi connectivity index (χ2n) is 3.72. The molecule has 0 heterocycles. The Bertz CT molecular complexity index is 404. The van der Waals surface area contributed by atoms with E-state index in [0.29, 0.717) is 12.2 Å². The Hall–Kier alpha value is -1.68. The molecule has 0 bridgehead atoms. The first-order chi connectivity index (χ1) is 8.13. The Labute approximate surface area is 100 Å². The number of carbonyl (C=O) groups is 1. The van der Waals surface area contributed by atoms with Crippen molar-refractivity contribution < 1.29 is 13.9 Å². The van der Waals surface area contributed by atoms with Crippen LogP contribution in [0.2, 0.25) is 0 Å². The van der Waals surface area contributed by atoms with Crippen LogP contribution in [0.4, 0.5) is 4.39 Å². The van der Waals surface area contributed by atoms with Gasteiger partial charge in [-0.3, -0.25) is 4.79 Å². The minimum atomic E-state index is -0.346. The lowest BCUT2D eigenvalue weighted by atomic mass is 10.2. The molecule has 0 aromatic heterocycles. The average Bonchev–Trinajstić information content (AvgIpc) is 2.28. The molecule has 0 fully saturated rings. The summed E-state index contributed by atoms with van der Waals surface area (Å²) in [5.74, 6) is -0.612. The van der Waals surface area contributed by atoms with Gasteiger partial charge in [0.1, 0.15) is 5.82 Å². The summed E-state index contributed by atoms with van der Waals surface area (Å²) in [5.41, 5.74) is 0.391. The predicted molar refractivity (Wildman–Crippen MR) is 64.9 cm³/mol. The highest BCUT2D eigenvalue weighted by atomic mass is 19.1. The molecule has 0 spiro atoms. The van der Waals surface area contributed by atoms with Crippen molar-refractivity contribution in [2.75, 3.05) is 13.7 Å². The minimum absolute atomic E-state index is 0.0715. The fraction of sp³-hybridized carbons (Fsp3) is 0.308. The smallest absolute Gasteiger partial charge is 0.244 e. The molecule has 1 N–H and O–H groups in total. The number of ether oxygens (including phenoxy) is 1. The number of hydrogen-bond acceptors (Lipinski definition) is 2. The molecule has 0 aliphatic heterocycles. The topological polar surface area (TPSA) is 38.3 Å². The van der Waals surface area contributed by atoms with Crippen molar-refractivity contribution >= 4 is 12.0 Å². The number of amides is 1. The fourth-order valence-electron chi connectivity index (χ4n) is 1.36. The molecule has 0 saturated heterocycles. The monoisotopic (exact) mass is 237 g/mol. The van der Waals surface area contributed by atoms with Gasteiger partial charge in [-0.1, -0.05) is 18.2 Å². The zero-order valence-corrected chi connectivity index (χ0v) is 9.94. The quantitative estimate of drug-likeness (QED) is 0.795. The van der Waals surface area contributed by atoms with Gasteiger partial charge in [0, 0.05) is 24.8 Å². The van der Waals surface area contributed by atoms with Crippen LogP contribution in [0.25, 0.3) is 6.08 Å². The zero-order valence-electron chi connectivity index (χ0n) is 9.94. The van der Waals surface area contributed by atoms with Crippen molar-refractivity contribution in [1.82, 2.24) is 5.32 Å². The predicted octanol–water partition coefficient (Wildman–Crippen LogP) is 1.99. The summed E-state index contributed by atoms with van der Waals surface area (Å²) in [6, 6.07) is 6.21. The van der Waals surface area contributed by atoms with Crippen LogP contribution in [0.5, 0.6) is 0 Å². The first-order valence-electron chi connectivity index (χ1n) is 5.35. The lowest BCUT2D eigenvalue weighted by molar-refractivity contribution is -0.117. The highest BCUT2D eigenvalue weighted by Gasteiger charge is 2.03. The molecule has 1 atom stereocenters. The van der Waals surface area contributed by atoms with Gasteiger partial charge in [-0.05, 0) is 19.1 Å². The number of hydrogen-bond donors (Lipinski definition) is 1. The normalized spacial score (nSPS) is 12.6. The summed E-state index contributed by atoms with van der Waals surface area (Å²) in [7, 11) is 1.57. The molecule has 0 aliphatic rings. The SMILES string of the molecule is COCC(C)NC(=O)/C=C/c1ccccc1F. The van der Waals surface area contributed by atoms with Crippen LogP contribution < -0.4 is 5.32 Å². The van der Waals surface area contributed by atoms with Crippen LogP contribution in [0.3, 0.4) is 0 Å². The molecule has 4 heteroatoms. The van der Waals surface area contributed by atoms with E-state index in [-0.39, 0.29) is 17.8 Å². The van der Waals surface area contributed by atoms with E-state index >= 15 is 0 Å². The highest BCUT2D eigenvalue weighted by molar-refractivity contribution is 5.91. The van der Waals surface area contributed by atoms with Crippen molar-refractivity contribution in [3.63, 3.8) is 0 Å². The van der Waals surface area contributed by atoms with E-state index in [1.54, 1.807) is 25.3 Å².